The largest absolute Gasteiger partial charge is 0.481 e. The minimum absolute atomic E-state index is 0.0463. The van der Waals surface area contributed by atoms with Crippen LogP contribution in [0.5, 0.6) is 0 Å². The van der Waals surface area contributed by atoms with Gasteiger partial charge in [-0.05, 0) is 33.4 Å². The van der Waals surface area contributed by atoms with Crippen molar-refractivity contribution in [3.63, 3.8) is 0 Å². The fourth-order valence-corrected chi connectivity index (χ4v) is 5.27. The van der Waals surface area contributed by atoms with E-state index in [0.29, 0.717) is 0 Å². The molecule has 36 heavy (non-hydrogen) atoms. The van der Waals surface area contributed by atoms with Gasteiger partial charge >= 0.3 is 11.9 Å². The molecule has 0 aromatic heterocycles. The van der Waals surface area contributed by atoms with Gasteiger partial charge in [-0.25, -0.2) is 0 Å². The van der Waals surface area contributed by atoms with Crippen LogP contribution >= 0.6 is 0 Å². The third kappa shape index (κ3) is 4.41. The van der Waals surface area contributed by atoms with E-state index in [1.807, 2.05) is 97.1 Å². The molecular weight excluding hydrogens is 450 g/mol. The SMILES string of the molecule is NC(C(c1ccccc1)c1ccccc1)[C@H](C(=O)O)C(=O)OCC1c2ccccc2-c2ccccc21. The number of ether oxygens (including phenoxy) is 1. The molecule has 3 N–H and O–H groups in total. The second kappa shape index (κ2) is 10.2. The van der Waals surface area contributed by atoms with Crippen LogP contribution < -0.4 is 5.73 Å². The van der Waals surface area contributed by atoms with Crippen LogP contribution in [0.25, 0.3) is 11.1 Å². The van der Waals surface area contributed by atoms with Crippen LogP contribution in [0, 0.1) is 5.92 Å². The molecule has 4 aromatic carbocycles. The maximum absolute atomic E-state index is 13.3. The van der Waals surface area contributed by atoms with E-state index in [2.05, 4.69) is 12.1 Å². The molecule has 5 heteroatoms. The van der Waals surface area contributed by atoms with Crippen molar-refractivity contribution >= 4 is 11.9 Å². The lowest BCUT2D eigenvalue weighted by molar-refractivity contribution is -0.160. The molecule has 180 valence electrons. The van der Waals surface area contributed by atoms with Crippen molar-refractivity contribution < 1.29 is 19.4 Å². The van der Waals surface area contributed by atoms with Crippen LogP contribution in [0.4, 0.5) is 0 Å². The summed E-state index contributed by atoms with van der Waals surface area (Å²) < 4.78 is 5.71. The summed E-state index contributed by atoms with van der Waals surface area (Å²) in [6.45, 7) is 0.0463. The van der Waals surface area contributed by atoms with E-state index in [1.54, 1.807) is 0 Å². The molecule has 0 fully saturated rings. The molecule has 0 saturated heterocycles. The van der Waals surface area contributed by atoms with Gasteiger partial charge in [-0.15, -0.1) is 0 Å². The summed E-state index contributed by atoms with van der Waals surface area (Å²) in [5.41, 5.74) is 12.6. The Morgan fingerprint density at radius 2 is 1.17 bits per heavy atom. The van der Waals surface area contributed by atoms with Crippen LogP contribution in [0.2, 0.25) is 0 Å². The summed E-state index contributed by atoms with van der Waals surface area (Å²) in [7, 11) is 0. The Balaban J connectivity index is 1.41. The summed E-state index contributed by atoms with van der Waals surface area (Å²) in [5, 5.41) is 10.1. The number of rotatable bonds is 8. The minimum atomic E-state index is -1.53. The lowest BCUT2D eigenvalue weighted by Gasteiger charge is -2.29. The van der Waals surface area contributed by atoms with Gasteiger partial charge in [0.1, 0.15) is 6.61 Å². The highest BCUT2D eigenvalue weighted by Crippen LogP contribution is 2.44. The summed E-state index contributed by atoms with van der Waals surface area (Å²) in [4.78, 5) is 25.7. The first-order chi connectivity index (χ1) is 17.6. The molecule has 1 aliphatic rings. The van der Waals surface area contributed by atoms with E-state index in [1.165, 1.54) is 0 Å². The van der Waals surface area contributed by atoms with Crippen molar-refractivity contribution in [1.82, 2.24) is 0 Å². The number of carbonyl (C=O) groups is 2. The van der Waals surface area contributed by atoms with Crippen molar-refractivity contribution in [3.05, 3.63) is 131 Å². The number of carboxylic acids is 1. The quantitative estimate of drug-likeness (QED) is 0.269. The highest BCUT2D eigenvalue weighted by atomic mass is 16.5. The van der Waals surface area contributed by atoms with E-state index in [9.17, 15) is 14.7 Å². The van der Waals surface area contributed by atoms with Gasteiger partial charge in [0.25, 0.3) is 0 Å². The molecular formula is C31H27NO4. The number of hydrogen-bond acceptors (Lipinski definition) is 4. The monoisotopic (exact) mass is 477 g/mol. The lowest BCUT2D eigenvalue weighted by Crippen LogP contribution is -2.46. The molecule has 0 heterocycles. The Kier molecular flexibility index (Phi) is 6.65. The van der Waals surface area contributed by atoms with E-state index in [0.717, 1.165) is 33.4 Å². The van der Waals surface area contributed by atoms with E-state index < -0.39 is 29.8 Å². The number of esters is 1. The van der Waals surface area contributed by atoms with Crippen LogP contribution in [0.1, 0.15) is 34.1 Å². The second-order valence-corrected chi connectivity index (χ2v) is 9.05. The first-order valence-electron chi connectivity index (χ1n) is 12.0. The predicted octanol–water partition coefficient (Wildman–Crippen LogP) is 5.20. The Morgan fingerprint density at radius 3 is 1.64 bits per heavy atom. The smallest absolute Gasteiger partial charge is 0.322 e. The summed E-state index contributed by atoms with van der Waals surface area (Å²) in [5.74, 6) is -4.30. The van der Waals surface area contributed by atoms with Crippen molar-refractivity contribution in [1.29, 1.82) is 0 Å². The molecule has 0 spiro atoms. The molecule has 5 nitrogen and oxygen atoms in total. The van der Waals surface area contributed by atoms with Gasteiger partial charge < -0.3 is 15.6 Å². The summed E-state index contributed by atoms with van der Waals surface area (Å²) in [6.07, 6.45) is 0. The fourth-order valence-electron chi connectivity index (χ4n) is 5.27. The zero-order valence-corrected chi connectivity index (χ0v) is 19.7. The van der Waals surface area contributed by atoms with E-state index >= 15 is 0 Å². The summed E-state index contributed by atoms with van der Waals surface area (Å²) >= 11 is 0. The van der Waals surface area contributed by atoms with Crippen LogP contribution in [0.15, 0.2) is 109 Å². The molecule has 4 aromatic rings. The fraction of sp³-hybridized carbons (Fsp3) is 0.161. The van der Waals surface area contributed by atoms with Gasteiger partial charge in [0.2, 0.25) is 0 Å². The van der Waals surface area contributed by atoms with Gasteiger partial charge in [0.15, 0.2) is 5.92 Å². The van der Waals surface area contributed by atoms with Crippen molar-refractivity contribution in [2.75, 3.05) is 6.61 Å². The van der Waals surface area contributed by atoms with Crippen LogP contribution in [0.3, 0.4) is 0 Å². The zero-order chi connectivity index (χ0) is 25.1. The topological polar surface area (TPSA) is 89.6 Å². The molecule has 0 amide bonds. The van der Waals surface area contributed by atoms with E-state index in [-0.39, 0.29) is 12.5 Å². The number of benzene rings is 4. The standard InChI is InChI=1S/C31H27NO4/c32-29(27(20-11-3-1-4-12-20)21-13-5-2-6-14-21)28(30(33)34)31(35)36-19-26-24-17-9-7-15-22(24)23-16-8-10-18-25(23)26/h1-18,26-29H,19,32H2,(H,33,34)/t28-,29?/m1/s1. The molecule has 1 unspecified atom stereocenters. The van der Waals surface area contributed by atoms with Gasteiger partial charge in [-0.2, -0.15) is 0 Å². The lowest BCUT2D eigenvalue weighted by atomic mass is 9.79. The third-order valence-electron chi connectivity index (χ3n) is 6.96. The van der Waals surface area contributed by atoms with Gasteiger partial charge in [-0.1, -0.05) is 109 Å². The third-order valence-corrected chi connectivity index (χ3v) is 6.96. The van der Waals surface area contributed by atoms with Crippen molar-refractivity contribution in [3.8, 4) is 11.1 Å². The molecule has 0 aliphatic heterocycles. The van der Waals surface area contributed by atoms with Crippen molar-refractivity contribution in [2.24, 2.45) is 11.7 Å². The number of fused-ring (bicyclic) bond motifs is 3. The Labute approximate surface area is 210 Å². The Bertz CT molecular complexity index is 1280. The normalized spacial score (nSPS) is 14.1. The number of carbonyl (C=O) groups excluding carboxylic acids is 1. The average Bonchev–Trinajstić information content (AvgIpc) is 3.22. The highest BCUT2D eigenvalue weighted by Gasteiger charge is 2.40. The number of carboxylic acid groups (broad SMARTS) is 1. The maximum Gasteiger partial charge on any atom is 0.322 e. The molecule has 5 rings (SSSR count). The van der Waals surface area contributed by atoms with Crippen LogP contribution in [-0.2, 0) is 14.3 Å². The minimum Gasteiger partial charge on any atom is -0.481 e. The Hall–Kier alpha value is -4.22. The molecule has 0 radical (unpaired) electrons. The molecule has 1 aliphatic carbocycles. The Morgan fingerprint density at radius 1 is 0.722 bits per heavy atom. The van der Waals surface area contributed by atoms with Crippen molar-refractivity contribution in [2.45, 2.75) is 17.9 Å². The van der Waals surface area contributed by atoms with Crippen LogP contribution in [-0.4, -0.2) is 29.7 Å². The maximum atomic E-state index is 13.3. The highest BCUT2D eigenvalue weighted by molar-refractivity contribution is 5.95. The van der Waals surface area contributed by atoms with E-state index in [4.69, 9.17) is 10.5 Å². The zero-order valence-electron chi connectivity index (χ0n) is 19.7. The first kappa shape index (κ1) is 23.5. The summed E-state index contributed by atoms with van der Waals surface area (Å²) in [6, 6.07) is 33.9. The van der Waals surface area contributed by atoms with Gasteiger partial charge in [-0.3, -0.25) is 9.59 Å². The average molecular weight is 478 g/mol. The number of hydrogen-bond donors (Lipinski definition) is 2. The number of nitrogens with two attached hydrogens (primary N) is 1. The molecule has 0 saturated carbocycles. The number of aliphatic carboxylic acids is 1. The molecule has 0 bridgehead atoms. The molecule has 2 atom stereocenters. The predicted molar refractivity (Wildman–Crippen MR) is 139 cm³/mol. The second-order valence-electron chi connectivity index (χ2n) is 9.05. The van der Waals surface area contributed by atoms with Gasteiger partial charge in [0.05, 0.1) is 0 Å². The first-order valence-corrected chi connectivity index (χ1v) is 12.0. The van der Waals surface area contributed by atoms with Gasteiger partial charge in [0, 0.05) is 17.9 Å².